The van der Waals surface area contributed by atoms with Crippen LogP contribution >= 0.6 is 11.8 Å². The van der Waals surface area contributed by atoms with Crippen LogP contribution in [0.15, 0.2) is 11.8 Å². The van der Waals surface area contributed by atoms with Crippen LogP contribution in [0.25, 0.3) is 6.08 Å². The van der Waals surface area contributed by atoms with Crippen molar-refractivity contribution in [1.82, 2.24) is 20.3 Å². The summed E-state index contributed by atoms with van der Waals surface area (Å²) in [5.74, 6) is -3.04. The Morgan fingerprint density at radius 1 is 1.45 bits per heavy atom. The van der Waals surface area contributed by atoms with Gasteiger partial charge in [0.05, 0.1) is 32.0 Å². The average molecular weight is 438 g/mol. The molecule has 1 saturated heterocycles. The monoisotopic (exact) mass is 438 g/mol. The minimum absolute atomic E-state index is 0.120. The Labute approximate surface area is 168 Å². The zero-order valence-electron chi connectivity index (χ0n) is 15.7. The third-order valence-corrected chi connectivity index (χ3v) is 4.77. The summed E-state index contributed by atoms with van der Waals surface area (Å²) in [7, 11) is 1.36. The van der Waals surface area contributed by atoms with Crippen LogP contribution in [0.4, 0.5) is 13.2 Å². The van der Waals surface area contributed by atoms with Gasteiger partial charge in [-0.05, 0) is 24.6 Å². The molecule has 2 N–H and O–H groups in total. The predicted octanol–water partition coefficient (Wildman–Crippen LogP) is 1.50. The first-order chi connectivity index (χ1) is 13.5. The maximum absolute atomic E-state index is 11.4. The molecule has 0 saturated carbocycles. The van der Waals surface area contributed by atoms with E-state index >= 15 is 0 Å². The summed E-state index contributed by atoms with van der Waals surface area (Å²) in [6.07, 6.45) is -0.252. The van der Waals surface area contributed by atoms with Crippen LogP contribution in [-0.2, 0) is 25.7 Å². The maximum atomic E-state index is 11.4. The lowest BCUT2D eigenvalue weighted by Gasteiger charge is -2.24. The standard InChI is InChI=1S/C14H20N4O3S.C2HF3O2/c1-10(19)22-13-3-5-15-8-11(13)7-12-9-16-17-18(12)6-4-14(20)21-2;3-2(4,5)1(6)7/h7,9,13,15H,3-6,8H2,1-2H3;(H,6,7)/b11-7-;. The predicted molar refractivity (Wildman–Crippen MR) is 97.9 cm³/mol. The average Bonchev–Trinajstić information content (AvgIpc) is 3.07. The number of piperidine rings is 1. The zero-order valence-corrected chi connectivity index (χ0v) is 16.5. The van der Waals surface area contributed by atoms with Gasteiger partial charge >= 0.3 is 18.1 Å². The molecule has 0 spiro atoms. The number of aromatic nitrogens is 3. The Morgan fingerprint density at radius 2 is 2.10 bits per heavy atom. The van der Waals surface area contributed by atoms with Crippen LogP contribution in [0.5, 0.6) is 0 Å². The highest BCUT2D eigenvalue weighted by Gasteiger charge is 2.38. The number of aliphatic carboxylic acids is 1. The van der Waals surface area contributed by atoms with Crippen molar-refractivity contribution in [3.05, 3.63) is 17.5 Å². The molecule has 162 valence electrons. The van der Waals surface area contributed by atoms with E-state index in [2.05, 4.69) is 20.4 Å². The van der Waals surface area contributed by atoms with Gasteiger partial charge in [-0.1, -0.05) is 17.0 Å². The van der Waals surface area contributed by atoms with Crippen LogP contribution in [0.3, 0.4) is 0 Å². The quantitative estimate of drug-likeness (QED) is 0.658. The Hall–Kier alpha value is -2.41. The lowest BCUT2D eigenvalue weighted by molar-refractivity contribution is -0.192. The number of thioether (sulfide) groups is 1. The second kappa shape index (κ2) is 11.6. The van der Waals surface area contributed by atoms with Crippen LogP contribution in [0.2, 0.25) is 0 Å². The summed E-state index contributed by atoms with van der Waals surface area (Å²) in [6, 6.07) is 0. The molecule has 1 aromatic heterocycles. The summed E-state index contributed by atoms with van der Waals surface area (Å²) in [6.45, 7) is 3.66. The number of aryl methyl sites for hydroxylation is 1. The molecule has 9 nitrogen and oxygen atoms in total. The molecule has 0 aromatic carbocycles. The van der Waals surface area contributed by atoms with Gasteiger partial charge in [0.2, 0.25) is 0 Å². The van der Waals surface area contributed by atoms with Gasteiger partial charge in [-0.2, -0.15) is 13.2 Å². The van der Waals surface area contributed by atoms with Crippen molar-refractivity contribution >= 4 is 34.9 Å². The van der Waals surface area contributed by atoms with Gasteiger partial charge in [0.25, 0.3) is 0 Å². The van der Waals surface area contributed by atoms with Crippen molar-refractivity contribution in [2.45, 2.75) is 37.7 Å². The van der Waals surface area contributed by atoms with Crippen LogP contribution < -0.4 is 5.32 Å². The number of methoxy groups -OCH3 is 1. The molecule has 1 aromatic rings. The number of rotatable bonds is 5. The summed E-state index contributed by atoms with van der Waals surface area (Å²) >= 11 is 1.36. The molecule has 1 unspecified atom stereocenters. The van der Waals surface area contributed by atoms with Crippen LogP contribution in [-0.4, -0.2) is 68.8 Å². The number of hydrogen-bond donors (Lipinski definition) is 2. The number of carbonyl (C=O) groups is 3. The van der Waals surface area contributed by atoms with E-state index in [9.17, 15) is 22.8 Å². The Balaban J connectivity index is 0.000000516. The molecule has 2 heterocycles. The highest BCUT2D eigenvalue weighted by molar-refractivity contribution is 8.14. The molecular formula is C16H21F3N4O5S. The van der Waals surface area contributed by atoms with Crippen molar-refractivity contribution in [3.8, 4) is 0 Å². The van der Waals surface area contributed by atoms with Gasteiger partial charge < -0.3 is 15.2 Å². The lowest BCUT2D eigenvalue weighted by Crippen LogP contribution is -2.32. The highest BCUT2D eigenvalue weighted by atomic mass is 32.2. The zero-order chi connectivity index (χ0) is 22.0. The largest absolute Gasteiger partial charge is 0.490 e. The number of carbonyl (C=O) groups excluding carboxylic acids is 2. The molecule has 13 heteroatoms. The molecule has 1 atom stereocenters. The first-order valence-corrected chi connectivity index (χ1v) is 9.26. The van der Waals surface area contributed by atoms with Gasteiger partial charge in [-0.15, -0.1) is 5.10 Å². The second-order valence-electron chi connectivity index (χ2n) is 5.79. The molecular weight excluding hydrogens is 417 g/mol. The first-order valence-electron chi connectivity index (χ1n) is 8.38. The molecule has 0 amide bonds. The van der Waals surface area contributed by atoms with E-state index in [1.807, 2.05) is 6.08 Å². The number of carboxylic acids is 1. The number of ether oxygens (including phenoxy) is 1. The number of alkyl halides is 3. The van der Waals surface area contributed by atoms with Crippen molar-refractivity contribution < 1.29 is 37.4 Å². The highest BCUT2D eigenvalue weighted by Crippen LogP contribution is 2.26. The smallest absolute Gasteiger partial charge is 0.475 e. The Morgan fingerprint density at radius 3 is 2.66 bits per heavy atom. The van der Waals surface area contributed by atoms with Crippen molar-refractivity contribution in [1.29, 1.82) is 0 Å². The maximum Gasteiger partial charge on any atom is 0.490 e. The van der Waals surface area contributed by atoms with E-state index in [0.29, 0.717) is 6.54 Å². The number of nitrogens with one attached hydrogen (secondary N) is 1. The van der Waals surface area contributed by atoms with Gasteiger partial charge in [-0.25, -0.2) is 9.48 Å². The number of carboxylic acid groups (broad SMARTS) is 1. The van der Waals surface area contributed by atoms with E-state index in [0.717, 1.165) is 30.8 Å². The van der Waals surface area contributed by atoms with Crippen LogP contribution in [0, 0.1) is 0 Å². The van der Waals surface area contributed by atoms with Gasteiger partial charge in [0, 0.05) is 18.7 Å². The SMILES string of the molecule is COC(=O)CCn1nncc1/C=C1/CNCCC1SC(C)=O.O=C(O)C(F)(F)F. The summed E-state index contributed by atoms with van der Waals surface area (Å²) in [5.41, 5.74) is 1.98. The summed E-state index contributed by atoms with van der Waals surface area (Å²) in [5, 5.41) is 18.6. The molecule has 0 radical (unpaired) electrons. The first kappa shape index (κ1) is 24.6. The van der Waals surface area contributed by atoms with E-state index in [-0.39, 0.29) is 22.8 Å². The minimum atomic E-state index is -5.08. The fourth-order valence-corrected chi connectivity index (χ4v) is 3.22. The van der Waals surface area contributed by atoms with E-state index < -0.39 is 12.1 Å². The minimum Gasteiger partial charge on any atom is -0.475 e. The summed E-state index contributed by atoms with van der Waals surface area (Å²) in [4.78, 5) is 31.5. The Kier molecular flexibility index (Phi) is 9.81. The number of hydrogen-bond acceptors (Lipinski definition) is 8. The number of halogens is 3. The third kappa shape index (κ3) is 9.09. The third-order valence-electron chi connectivity index (χ3n) is 3.61. The Bertz CT molecular complexity index is 751. The molecule has 1 aliphatic rings. The molecule has 1 fully saturated rings. The van der Waals surface area contributed by atoms with Crippen molar-refractivity contribution in [2.75, 3.05) is 20.2 Å². The topological polar surface area (TPSA) is 123 Å². The fraction of sp³-hybridized carbons (Fsp3) is 0.562. The molecule has 0 bridgehead atoms. The molecule has 0 aliphatic carbocycles. The number of esters is 1. The molecule has 2 rings (SSSR count). The van der Waals surface area contributed by atoms with Crippen molar-refractivity contribution in [3.63, 3.8) is 0 Å². The normalized spacial score (nSPS) is 18.0. The van der Waals surface area contributed by atoms with Gasteiger partial charge in [0.15, 0.2) is 5.12 Å². The molecule has 1 aliphatic heterocycles. The van der Waals surface area contributed by atoms with E-state index in [1.165, 1.54) is 18.9 Å². The van der Waals surface area contributed by atoms with E-state index in [4.69, 9.17) is 9.90 Å². The van der Waals surface area contributed by atoms with E-state index in [1.54, 1.807) is 17.8 Å². The number of nitrogens with zero attached hydrogens (tertiary/aromatic N) is 3. The summed E-state index contributed by atoms with van der Waals surface area (Å²) < 4.78 is 38.0. The molecule has 29 heavy (non-hydrogen) atoms. The second-order valence-corrected chi connectivity index (χ2v) is 7.17. The van der Waals surface area contributed by atoms with Crippen molar-refractivity contribution in [2.24, 2.45) is 0 Å². The lowest BCUT2D eigenvalue weighted by atomic mass is 10.0. The van der Waals surface area contributed by atoms with Gasteiger partial charge in [-0.3, -0.25) is 9.59 Å². The van der Waals surface area contributed by atoms with Gasteiger partial charge in [0.1, 0.15) is 0 Å². The van der Waals surface area contributed by atoms with Crippen LogP contribution in [0.1, 0.15) is 25.5 Å². The fourth-order valence-electron chi connectivity index (χ4n) is 2.28.